The van der Waals surface area contributed by atoms with Crippen LogP contribution >= 0.6 is 15.9 Å². The molecule has 1 aliphatic carbocycles. The number of nitrogens with zero attached hydrogens (tertiary/aromatic N) is 2. The van der Waals surface area contributed by atoms with Crippen LogP contribution in [0, 0.1) is 11.8 Å². The maximum absolute atomic E-state index is 11.6. The fourth-order valence-electron chi connectivity index (χ4n) is 2.42. The Bertz CT molecular complexity index is 476. The quantitative estimate of drug-likeness (QED) is 0.813. The number of halogens is 1. The van der Waals surface area contributed by atoms with Crippen LogP contribution in [0.4, 0.5) is 5.69 Å². The Morgan fingerprint density at radius 3 is 2.94 bits per heavy atom. The van der Waals surface area contributed by atoms with Gasteiger partial charge in [-0.25, -0.2) is 4.68 Å². The fraction of sp³-hybridized carbons (Fsp3) is 0.600. The maximum Gasteiger partial charge on any atom is 0.282 e. The average molecular weight is 285 g/mol. The molecule has 3 rings (SSSR count). The van der Waals surface area contributed by atoms with Crippen molar-refractivity contribution in [2.45, 2.75) is 6.04 Å². The van der Waals surface area contributed by atoms with Crippen molar-refractivity contribution in [1.82, 2.24) is 15.1 Å². The second kappa shape index (κ2) is 3.56. The largest absolute Gasteiger partial charge is 0.379 e. The molecule has 1 aliphatic heterocycles. The van der Waals surface area contributed by atoms with Crippen LogP contribution in [0.2, 0.25) is 0 Å². The maximum atomic E-state index is 11.6. The molecule has 1 aromatic rings. The summed E-state index contributed by atoms with van der Waals surface area (Å²) in [6.07, 6.45) is 1.70. The molecule has 0 amide bonds. The van der Waals surface area contributed by atoms with Gasteiger partial charge in [0.1, 0.15) is 4.47 Å². The standard InChI is InChI=1S/C10H13BrN4O/c1-15-10(16)8(11)7(4-13-15)14-9-5-2-12-3-6(5)9/h4-6,9,12,14H,2-3H2,1H3. The summed E-state index contributed by atoms with van der Waals surface area (Å²) in [7, 11) is 1.65. The van der Waals surface area contributed by atoms with Crippen LogP contribution in [-0.4, -0.2) is 28.9 Å². The predicted octanol–water partition coefficient (Wildman–Crippen LogP) is 0.172. The molecule has 0 bridgehead atoms. The van der Waals surface area contributed by atoms with E-state index in [0.29, 0.717) is 10.5 Å². The SMILES string of the molecule is Cn1ncc(NC2C3CNCC32)c(Br)c1=O. The second-order valence-corrected chi connectivity index (χ2v) is 5.25. The third-order valence-corrected chi connectivity index (χ3v) is 4.26. The number of aryl methyl sites for hydroxylation is 1. The van der Waals surface area contributed by atoms with E-state index in [1.807, 2.05) is 0 Å². The van der Waals surface area contributed by atoms with Gasteiger partial charge in [0.15, 0.2) is 0 Å². The zero-order chi connectivity index (χ0) is 11.3. The first-order chi connectivity index (χ1) is 7.68. The van der Waals surface area contributed by atoms with Crippen molar-refractivity contribution in [1.29, 1.82) is 0 Å². The third-order valence-electron chi connectivity index (χ3n) is 3.49. The lowest BCUT2D eigenvalue weighted by Crippen LogP contribution is -2.25. The average Bonchev–Trinajstić information content (AvgIpc) is 2.74. The molecule has 0 aromatic carbocycles. The Balaban J connectivity index is 1.81. The van der Waals surface area contributed by atoms with E-state index in [-0.39, 0.29) is 5.56 Å². The molecule has 2 aliphatic rings. The zero-order valence-electron chi connectivity index (χ0n) is 8.90. The minimum absolute atomic E-state index is 0.103. The lowest BCUT2D eigenvalue weighted by atomic mass is 10.4. The summed E-state index contributed by atoms with van der Waals surface area (Å²) in [6, 6.07) is 0.506. The van der Waals surface area contributed by atoms with E-state index in [2.05, 4.69) is 31.7 Å². The molecule has 2 heterocycles. The molecule has 86 valence electrons. The second-order valence-electron chi connectivity index (χ2n) is 4.46. The molecule has 6 heteroatoms. The van der Waals surface area contributed by atoms with Crippen molar-refractivity contribution in [3.63, 3.8) is 0 Å². The molecular weight excluding hydrogens is 272 g/mol. The molecule has 16 heavy (non-hydrogen) atoms. The lowest BCUT2D eigenvalue weighted by Gasteiger charge is -2.10. The van der Waals surface area contributed by atoms with Crippen molar-refractivity contribution < 1.29 is 0 Å². The molecule has 1 saturated heterocycles. The van der Waals surface area contributed by atoms with Crippen molar-refractivity contribution in [2.75, 3.05) is 18.4 Å². The summed E-state index contributed by atoms with van der Waals surface area (Å²) < 4.78 is 1.90. The fourth-order valence-corrected chi connectivity index (χ4v) is 2.90. The van der Waals surface area contributed by atoms with Crippen LogP contribution < -0.4 is 16.2 Å². The highest BCUT2D eigenvalue weighted by Crippen LogP contribution is 2.44. The lowest BCUT2D eigenvalue weighted by molar-refractivity contribution is 0.686. The van der Waals surface area contributed by atoms with Crippen LogP contribution in [0.25, 0.3) is 0 Å². The van der Waals surface area contributed by atoms with Crippen LogP contribution in [0.5, 0.6) is 0 Å². The van der Waals surface area contributed by atoms with Crippen molar-refractivity contribution in [3.8, 4) is 0 Å². The predicted molar refractivity (Wildman–Crippen MR) is 64.4 cm³/mol. The highest BCUT2D eigenvalue weighted by Gasteiger charge is 2.53. The molecule has 5 nitrogen and oxygen atoms in total. The van der Waals surface area contributed by atoms with Crippen molar-refractivity contribution in [3.05, 3.63) is 21.0 Å². The van der Waals surface area contributed by atoms with E-state index in [4.69, 9.17) is 0 Å². The van der Waals surface area contributed by atoms with Crippen LogP contribution in [0.1, 0.15) is 0 Å². The summed E-state index contributed by atoms with van der Waals surface area (Å²) >= 11 is 3.32. The summed E-state index contributed by atoms with van der Waals surface area (Å²) in [4.78, 5) is 11.6. The number of piperidine rings is 1. The summed E-state index contributed by atoms with van der Waals surface area (Å²) in [5.74, 6) is 1.44. The van der Waals surface area contributed by atoms with Gasteiger partial charge in [0.2, 0.25) is 0 Å². The summed E-state index contributed by atoms with van der Waals surface area (Å²) in [5.41, 5.74) is 0.705. The molecule has 2 atom stereocenters. The zero-order valence-corrected chi connectivity index (χ0v) is 10.5. The summed E-state index contributed by atoms with van der Waals surface area (Å²) in [5, 5.41) is 10.7. The molecule has 1 saturated carbocycles. The first-order valence-corrected chi connectivity index (χ1v) is 6.17. The Labute approximate surface area is 101 Å². The van der Waals surface area contributed by atoms with Gasteiger partial charge in [0.25, 0.3) is 5.56 Å². The third kappa shape index (κ3) is 1.48. The van der Waals surface area contributed by atoms with Gasteiger partial charge in [-0.05, 0) is 27.8 Å². The monoisotopic (exact) mass is 284 g/mol. The van der Waals surface area contributed by atoms with Gasteiger partial charge >= 0.3 is 0 Å². The molecule has 2 fully saturated rings. The number of hydrogen-bond acceptors (Lipinski definition) is 4. The number of hydrogen-bond donors (Lipinski definition) is 2. The van der Waals surface area contributed by atoms with Crippen LogP contribution in [0.15, 0.2) is 15.5 Å². The first kappa shape index (κ1) is 10.3. The van der Waals surface area contributed by atoms with E-state index in [0.717, 1.165) is 30.6 Å². The Hall–Kier alpha value is -0.880. The Morgan fingerprint density at radius 1 is 1.56 bits per heavy atom. The highest BCUT2D eigenvalue weighted by atomic mass is 79.9. The van der Waals surface area contributed by atoms with Crippen molar-refractivity contribution >= 4 is 21.6 Å². The van der Waals surface area contributed by atoms with Gasteiger partial charge < -0.3 is 10.6 Å². The number of rotatable bonds is 2. The first-order valence-electron chi connectivity index (χ1n) is 5.37. The molecular formula is C10H13BrN4O. The molecule has 2 unspecified atom stereocenters. The van der Waals surface area contributed by atoms with E-state index < -0.39 is 0 Å². The Kier molecular flexibility index (Phi) is 2.29. The van der Waals surface area contributed by atoms with Crippen molar-refractivity contribution in [2.24, 2.45) is 18.9 Å². The van der Waals surface area contributed by atoms with E-state index >= 15 is 0 Å². The van der Waals surface area contributed by atoms with Gasteiger partial charge in [-0.15, -0.1) is 0 Å². The number of anilines is 1. The van der Waals surface area contributed by atoms with Gasteiger partial charge in [0, 0.05) is 26.2 Å². The number of aromatic nitrogens is 2. The molecule has 0 radical (unpaired) electrons. The van der Waals surface area contributed by atoms with Crippen LogP contribution in [0.3, 0.4) is 0 Å². The molecule has 2 N–H and O–H groups in total. The van der Waals surface area contributed by atoms with E-state index in [1.54, 1.807) is 13.2 Å². The van der Waals surface area contributed by atoms with Gasteiger partial charge in [-0.1, -0.05) is 0 Å². The summed E-state index contributed by atoms with van der Waals surface area (Å²) in [6.45, 7) is 2.16. The van der Waals surface area contributed by atoms with Gasteiger partial charge in [-0.2, -0.15) is 5.10 Å². The highest BCUT2D eigenvalue weighted by molar-refractivity contribution is 9.10. The van der Waals surface area contributed by atoms with Gasteiger partial charge in [-0.3, -0.25) is 4.79 Å². The van der Waals surface area contributed by atoms with Crippen LogP contribution in [-0.2, 0) is 7.05 Å². The molecule has 1 aromatic heterocycles. The smallest absolute Gasteiger partial charge is 0.282 e. The number of fused-ring (bicyclic) bond motifs is 1. The van der Waals surface area contributed by atoms with E-state index in [9.17, 15) is 4.79 Å². The topological polar surface area (TPSA) is 59.0 Å². The minimum atomic E-state index is -0.103. The van der Waals surface area contributed by atoms with E-state index in [1.165, 1.54) is 4.68 Å². The minimum Gasteiger partial charge on any atom is -0.379 e. The normalized spacial score (nSPS) is 31.2. The Morgan fingerprint density at radius 2 is 2.25 bits per heavy atom. The van der Waals surface area contributed by atoms with Gasteiger partial charge in [0.05, 0.1) is 11.9 Å². The number of nitrogens with one attached hydrogen (secondary N) is 2. The molecule has 0 spiro atoms.